The van der Waals surface area contributed by atoms with Crippen molar-refractivity contribution >= 4 is 28.9 Å². The van der Waals surface area contributed by atoms with Crippen LogP contribution in [0.5, 0.6) is 17.2 Å². The number of thiocarbonyl (C=S) groups is 1. The Morgan fingerprint density at radius 2 is 1.56 bits per heavy atom. The van der Waals surface area contributed by atoms with Crippen molar-refractivity contribution in [2.75, 3.05) is 19.5 Å². The zero-order chi connectivity index (χ0) is 19.8. The summed E-state index contributed by atoms with van der Waals surface area (Å²) >= 11 is 5.07. The molecule has 0 aliphatic heterocycles. The number of halogens is 2. The number of carbonyl (C=O) groups excluding carboxylic acids is 1. The van der Waals surface area contributed by atoms with E-state index in [0.717, 1.165) is 0 Å². The van der Waals surface area contributed by atoms with E-state index in [9.17, 15) is 13.6 Å². The molecule has 0 bridgehead atoms. The molecule has 3 N–H and O–H groups in total. The van der Waals surface area contributed by atoms with Crippen LogP contribution in [-0.2, 0) is 0 Å². The maximum Gasteiger partial charge on any atom is 0.387 e. The van der Waals surface area contributed by atoms with Crippen LogP contribution in [-0.4, -0.2) is 31.9 Å². The molecule has 0 fully saturated rings. The Hall–Kier alpha value is -3.14. The molecule has 2 rings (SSSR count). The Morgan fingerprint density at radius 3 is 2.07 bits per heavy atom. The minimum atomic E-state index is -2.89. The molecule has 10 heteroatoms. The van der Waals surface area contributed by atoms with Crippen molar-refractivity contribution in [1.82, 2.24) is 10.9 Å². The predicted molar refractivity (Wildman–Crippen MR) is 99.4 cm³/mol. The molecular formula is C17H17F2N3O4S. The minimum absolute atomic E-state index is 0.0229. The van der Waals surface area contributed by atoms with E-state index < -0.39 is 12.5 Å². The van der Waals surface area contributed by atoms with Crippen molar-refractivity contribution in [1.29, 1.82) is 0 Å². The van der Waals surface area contributed by atoms with Crippen molar-refractivity contribution in [3.63, 3.8) is 0 Å². The summed E-state index contributed by atoms with van der Waals surface area (Å²) in [5.74, 6) is 0.490. The Morgan fingerprint density at radius 1 is 0.963 bits per heavy atom. The van der Waals surface area contributed by atoms with Gasteiger partial charge in [-0.2, -0.15) is 8.78 Å². The number of hydrogen-bond donors (Lipinski definition) is 3. The first-order valence-corrected chi connectivity index (χ1v) is 7.97. The van der Waals surface area contributed by atoms with Gasteiger partial charge in [-0.25, -0.2) is 0 Å². The van der Waals surface area contributed by atoms with Gasteiger partial charge in [0, 0.05) is 17.3 Å². The van der Waals surface area contributed by atoms with Gasteiger partial charge in [0.2, 0.25) is 0 Å². The van der Waals surface area contributed by atoms with Crippen LogP contribution in [0.15, 0.2) is 42.5 Å². The highest BCUT2D eigenvalue weighted by molar-refractivity contribution is 7.80. The number of methoxy groups -OCH3 is 2. The van der Waals surface area contributed by atoms with E-state index >= 15 is 0 Å². The van der Waals surface area contributed by atoms with E-state index in [-0.39, 0.29) is 10.9 Å². The van der Waals surface area contributed by atoms with Gasteiger partial charge in [-0.1, -0.05) is 0 Å². The number of hydrazine groups is 1. The molecule has 0 aromatic heterocycles. The Kier molecular flexibility index (Phi) is 7.12. The molecule has 0 spiro atoms. The standard InChI is InChI=1S/C17H17F2N3O4S/c1-24-13-7-10(8-14(9-13)25-2)15(23)21-22-17(27)20-11-3-5-12(6-4-11)26-16(18)19/h3-9,16H,1-2H3,(H,21,23)(H2,20,22,27). The van der Waals surface area contributed by atoms with Crippen LogP contribution < -0.4 is 30.4 Å². The number of anilines is 1. The second kappa shape index (κ2) is 9.53. The predicted octanol–water partition coefficient (Wildman–Crippen LogP) is 2.94. The molecule has 0 saturated carbocycles. The molecule has 0 unspecified atom stereocenters. The lowest BCUT2D eigenvalue weighted by Gasteiger charge is -2.13. The fourth-order valence-electron chi connectivity index (χ4n) is 2.01. The average molecular weight is 397 g/mol. The fourth-order valence-corrected chi connectivity index (χ4v) is 2.18. The van der Waals surface area contributed by atoms with Gasteiger partial charge >= 0.3 is 6.61 Å². The van der Waals surface area contributed by atoms with Crippen molar-refractivity contribution < 1.29 is 27.8 Å². The molecule has 7 nitrogen and oxygen atoms in total. The summed E-state index contributed by atoms with van der Waals surface area (Å²) in [4.78, 5) is 12.2. The van der Waals surface area contributed by atoms with Gasteiger partial charge in [0.05, 0.1) is 14.2 Å². The molecule has 0 aliphatic rings. The van der Waals surface area contributed by atoms with Gasteiger partial charge in [0.15, 0.2) is 5.11 Å². The van der Waals surface area contributed by atoms with Gasteiger partial charge in [-0.15, -0.1) is 0 Å². The van der Waals surface area contributed by atoms with Crippen molar-refractivity contribution in [3.05, 3.63) is 48.0 Å². The highest BCUT2D eigenvalue weighted by Gasteiger charge is 2.10. The van der Waals surface area contributed by atoms with Crippen LogP contribution in [0.2, 0.25) is 0 Å². The van der Waals surface area contributed by atoms with Crippen LogP contribution in [0.25, 0.3) is 0 Å². The second-order valence-electron chi connectivity index (χ2n) is 5.04. The van der Waals surface area contributed by atoms with Gasteiger partial charge < -0.3 is 19.5 Å². The third-order valence-electron chi connectivity index (χ3n) is 3.24. The zero-order valence-corrected chi connectivity index (χ0v) is 15.2. The Balaban J connectivity index is 1.90. The van der Waals surface area contributed by atoms with E-state index in [0.29, 0.717) is 22.7 Å². The number of ether oxygens (including phenoxy) is 3. The van der Waals surface area contributed by atoms with Crippen LogP contribution in [0, 0.1) is 0 Å². The smallest absolute Gasteiger partial charge is 0.387 e. The van der Waals surface area contributed by atoms with Crippen LogP contribution in [0.1, 0.15) is 10.4 Å². The highest BCUT2D eigenvalue weighted by Crippen LogP contribution is 2.22. The van der Waals surface area contributed by atoms with Crippen molar-refractivity contribution in [3.8, 4) is 17.2 Å². The summed E-state index contributed by atoms with van der Waals surface area (Å²) in [7, 11) is 2.96. The first kappa shape index (κ1) is 20.2. The molecule has 2 aromatic carbocycles. The van der Waals surface area contributed by atoms with Crippen molar-refractivity contribution in [2.45, 2.75) is 6.61 Å². The molecule has 0 aliphatic carbocycles. The van der Waals surface area contributed by atoms with Crippen LogP contribution >= 0.6 is 12.2 Å². The van der Waals surface area contributed by atoms with E-state index in [4.69, 9.17) is 21.7 Å². The summed E-state index contributed by atoms with van der Waals surface area (Å²) in [6, 6.07) is 10.4. The van der Waals surface area contributed by atoms with Gasteiger partial charge in [-0.05, 0) is 48.6 Å². The Labute approximate surface area is 159 Å². The fraction of sp³-hybridized carbons (Fsp3) is 0.176. The van der Waals surface area contributed by atoms with Gasteiger partial charge in [0.25, 0.3) is 5.91 Å². The molecular weight excluding hydrogens is 380 g/mol. The monoisotopic (exact) mass is 397 g/mol. The number of rotatable bonds is 6. The topological polar surface area (TPSA) is 80.9 Å². The summed E-state index contributed by atoms with van der Waals surface area (Å²) in [5.41, 5.74) is 5.79. The highest BCUT2D eigenvalue weighted by atomic mass is 32.1. The summed E-state index contributed by atoms with van der Waals surface area (Å²) in [6.45, 7) is -2.89. The largest absolute Gasteiger partial charge is 0.497 e. The SMILES string of the molecule is COc1cc(OC)cc(C(=O)NNC(=S)Nc2ccc(OC(F)F)cc2)c1. The lowest BCUT2D eigenvalue weighted by molar-refractivity contribution is -0.0498. The molecule has 0 heterocycles. The summed E-state index contributed by atoms with van der Waals surface area (Å²) in [5, 5.41) is 2.89. The van der Waals surface area contributed by atoms with Crippen LogP contribution in [0.4, 0.5) is 14.5 Å². The third-order valence-corrected chi connectivity index (χ3v) is 3.44. The second-order valence-corrected chi connectivity index (χ2v) is 5.45. The van der Waals surface area contributed by atoms with Gasteiger partial charge in [-0.3, -0.25) is 15.6 Å². The molecule has 0 saturated heterocycles. The van der Waals surface area contributed by atoms with E-state index in [1.807, 2.05) is 0 Å². The first-order chi connectivity index (χ1) is 12.9. The van der Waals surface area contributed by atoms with E-state index in [1.54, 1.807) is 6.07 Å². The molecule has 2 aromatic rings. The molecule has 0 atom stereocenters. The Bertz CT molecular complexity index is 781. The molecule has 27 heavy (non-hydrogen) atoms. The normalized spacial score (nSPS) is 10.1. The van der Waals surface area contributed by atoms with E-state index in [2.05, 4.69) is 20.9 Å². The van der Waals surface area contributed by atoms with Gasteiger partial charge in [0.1, 0.15) is 17.2 Å². The lowest BCUT2D eigenvalue weighted by atomic mass is 10.2. The lowest BCUT2D eigenvalue weighted by Crippen LogP contribution is -2.43. The number of carbonyl (C=O) groups is 1. The molecule has 0 radical (unpaired) electrons. The first-order valence-electron chi connectivity index (χ1n) is 7.56. The summed E-state index contributed by atoms with van der Waals surface area (Å²) < 4.78 is 38.7. The number of alkyl halides is 2. The molecule has 144 valence electrons. The number of hydrogen-bond acceptors (Lipinski definition) is 5. The maximum atomic E-state index is 12.2. The maximum absolute atomic E-state index is 12.2. The van der Waals surface area contributed by atoms with Crippen molar-refractivity contribution in [2.24, 2.45) is 0 Å². The molecule has 1 amide bonds. The number of amides is 1. The zero-order valence-electron chi connectivity index (χ0n) is 14.4. The number of nitrogens with one attached hydrogen (secondary N) is 3. The minimum Gasteiger partial charge on any atom is -0.497 e. The van der Waals surface area contributed by atoms with E-state index in [1.165, 1.54) is 50.6 Å². The quantitative estimate of drug-likeness (QED) is 0.511. The van der Waals surface area contributed by atoms with Crippen LogP contribution in [0.3, 0.4) is 0 Å². The average Bonchev–Trinajstić information content (AvgIpc) is 2.66. The third kappa shape index (κ3) is 6.26. The summed E-state index contributed by atoms with van der Waals surface area (Å²) in [6.07, 6.45) is 0. The number of benzene rings is 2.